The third-order valence-corrected chi connectivity index (χ3v) is 6.95. The average Bonchev–Trinajstić information content (AvgIpc) is 3.56. The van der Waals surface area contributed by atoms with Crippen LogP contribution in [0.15, 0.2) is 60.9 Å². The van der Waals surface area contributed by atoms with Gasteiger partial charge in [-0.3, -0.25) is 4.79 Å². The second-order valence-electron chi connectivity index (χ2n) is 12.9. The molecule has 258 valence electrons. The fraction of sp³-hybridized carbons (Fsp3) is 0.382. The van der Waals surface area contributed by atoms with E-state index >= 15 is 0 Å². The number of nitrogen functional groups attached to an aromatic ring is 3. The number of nitrogens with zero attached hydrogens (tertiary/aromatic N) is 4. The number of carbonyl (C=O) groups is 3. The standard InChI is InChI=1S/C20H27BrN4O3.C14H18N4O2/c1-20(2,3)28-19(27)25-16(13-23-18(25)22)14-8-7-9-15(12-14)24-17(26)10-5-4-6-11-21;1-14(2,3)20-13(19)18-11(8-17-12(18)16)9-5-4-6-10(15)7-9/h7-9,12-13H,4-6,10-11H2,1-3H3,(H2,22,23)(H,24,26);4-8H,15H2,1-3H3,(H2,16,17). The largest absolute Gasteiger partial charge is 0.443 e. The van der Waals surface area contributed by atoms with Gasteiger partial charge in [-0.25, -0.2) is 28.7 Å². The summed E-state index contributed by atoms with van der Waals surface area (Å²) in [7, 11) is 0. The van der Waals surface area contributed by atoms with Crippen LogP contribution in [0.5, 0.6) is 0 Å². The number of imidazole rings is 2. The first kappa shape index (κ1) is 37.6. The normalized spacial score (nSPS) is 11.3. The number of hydrogen-bond acceptors (Lipinski definition) is 10. The summed E-state index contributed by atoms with van der Waals surface area (Å²) in [5.41, 5.74) is 19.9. The zero-order valence-corrected chi connectivity index (χ0v) is 29.8. The molecule has 0 fully saturated rings. The number of unbranched alkanes of at least 4 members (excludes halogenated alkanes) is 2. The van der Waals surface area contributed by atoms with Gasteiger partial charge in [-0.2, -0.15) is 0 Å². The van der Waals surface area contributed by atoms with E-state index in [9.17, 15) is 14.4 Å². The van der Waals surface area contributed by atoms with Gasteiger partial charge in [0.2, 0.25) is 17.8 Å². The number of nitrogens with one attached hydrogen (secondary N) is 1. The van der Waals surface area contributed by atoms with E-state index in [1.165, 1.54) is 21.5 Å². The molecule has 0 unspecified atom stereocenters. The van der Waals surface area contributed by atoms with Crippen LogP contribution in [0, 0.1) is 0 Å². The molecular weight excluding hydrogens is 680 g/mol. The van der Waals surface area contributed by atoms with Crippen molar-refractivity contribution in [2.24, 2.45) is 0 Å². The van der Waals surface area contributed by atoms with E-state index in [1.54, 1.807) is 77.9 Å². The molecule has 4 aromatic rings. The Morgan fingerprint density at radius 1 is 0.750 bits per heavy atom. The Hall–Kier alpha value is -4.85. The number of alkyl halides is 1. The summed E-state index contributed by atoms with van der Waals surface area (Å²) in [6.07, 6.45) is 5.25. The Bertz CT molecular complexity index is 1720. The van der Waals surface area contributed by atoms with Crippen LogP contribution in [0.25, 0.3) is 22.5 Å². The number of hydrogen-bond donors (Lipinski definition) is 4. The molecule has 0 aliphatic heterocycles. The van der Waals surface area contributed by atoms with Crippen molar-refractivity contribution < 1.29 is 23.9 Å². The number of benzene rings is 2. The molecule has 0 atom stereocenters. The Morgan fingerprint density at radius 3 is 1.73 bits per heavy atom. The minimum absolute atomic E-state index is 0.0353. The van der Waals surface area contributed by atoms with Crippen LogP contribution in [0.4, 0.5) is 32.9 Å². The van der Waals surface area contributed by atoms with Crippen molar-refractivity contribution in [1.29, 1.82) is 0 Å². The van der Waals surface area contributed by atoms with Gasteiger partial charge in [0, 0.05) is 34.3 Å². The topological polar surface area (TPSA) is 195 Å². The fourth-order valence-corrected chi connectivity index (χ4v) is 4.77. The third kappa shape index (κ3) is 11.1. The predicted octanol–water partition coefficient (Wildman–Crippen LogP) is 7.31. The lowest BCUT2D eigenvalue weighted by Crippen LogP contribution is -2.28. The molecule has 0 saturated heterocycles. The average molecular weight is 726 g/mol. The minimum Gasteiger partial charge on any atom is -0.443 e. The number of carbonyl (C=O) groups excluding carboxylic acids is 3. The van der Waals surface area contributed by atoms with Crippen molar-refractivity contribution in [2.45, 2.75) is 78.4 Å². The third-order valence-electron chi connectivity index (χ3n) is 6.39. The first-order valence-electron chi connectivity index (χ1n) is 15.4. The Labute approximate surface area is 289 Å². The molecule has 13 nitrogen and oxygen atoms in total. The molecule has 0 saturated carbocycles. The molecule has 0 spiro atoms. The number of halogens is 1. The van der Waals surface area contributed by atoms with Crippen molar-refractivity contribution in [3.05, 3.63) is 60.9 Å². The van der Waals surface area contributed by atoms with Crippen LogP contribution >= 0.6 is 15.9 Å². The molecule has 0 bridgehead atoms. The van der Waals surface area contributed by atoms with Crippen LogP contribution < -0.4 is 22.5 Å². The van der Waals surface area contributed by atoms with E-state index in [2.05, 4.69) is 31.2 Å². The van der Waals surface area contributed by atoms with Gasteiger partial charge in [0.05, 0.1) is 23.8 Å². The Kier molecular flexibility index (Phi) is 12.8. The highest BCUT2D eigenvalue weighted by Crippen LogP contribution is 2.27. The summed E-state index contributed by atoms with van der Waals surface area (Å²) in [5.74, 6) is 0.0917. The highest BCUT2D eigenvalue weighted by molar-refractivity contribution is 9.09. The van der Waals surface area contributed by atoms with E-state index < -0.39 is 23.4 Å². The highest BCUT2D eigenvalue weighted by Gasteiger charge is 2.24. The number of anilines is 4. The zero-order chi connectivity index (χ0) is 35.6. The second-order valence-corrected chi connectivity index (χ2v) is 13.7. The smallest absolute Gasteiger partial charge is 0.421 e. The highest BCUT2D eigenvalue weighted by atomic mass is 79.9. The van der Waals surface area contributed by atoms with Crippen LogP contribution in [-0.4, -0.2) is 53.7 Å². The van der Waals surface area contributed by atoms with E-state index in [1.807, 2.05) is 12.1 Å². The van der Waals surface area contributed by atoms with E-state index in [0.29, 0.717) is 34.7 Å². The van der Waals surface area contributed by atoms with E-state index in [-0.39, 0.29) is 17.8 Å². The molecule has 7 N–H and O–H groups in total. The molecule has 4 rings (SSSR count). The number of nitrogens with two attached hydrogens (primary N) is 3. The monoisotopic (exact) mass is 724 g/mol. The van der Waals surface area contributed by atoms with Gasteiger partial charge < -0.3 is 32.0 Å². The molecule has 2 aromatic carbocycles. The van der Waals surface area contributed by atoms with Crippen LogP contribution in [0.2, 0.25) is 0 Å². The predicted molar refractivity (Wildman–Crippen MR) is 193 cm³/mol. The molecule has 2 aromatic heterocycles. The van der Waals surface area contributed by atoms with Gasteiger partial charge in [-0.15, -0.1) is 0 Å². The number of ether oxygens (including phenoxy) is 2. The fourth-order valence-electron chi connectivity index (χ4n) is 4.37. The maximum absolute atomic E-state index is 12.5. The molecule has 0 radical (unpaired) electrons. The molecule has 48 heavy (non-hydrogen) atoms. The van der Waals surface area contributed by atoms with Crippen molar-refractivity contribution in [2.75, 3.05) is 27.8 Å². The summed E-state index contributed by atoms with van der Waals surface area (Å²) in [6, 6.07) is 14.4. The quantitative estimate of drug-likeness (QED) is 0.0813. The van der Waals surface area contributed by atoms with Gasteiger partial charge in [-0.1, -0.05) is 46.6 Å². The SMILES string of the molecule is CC(C)(C)OC(=O)n1c(-c2cccc(N)c2)cnc1N.CC(C)(C)OC(=O)n1c(-c2cccc(NC(=O)CCCCCBr)c2)cnc1N. The number of rotatable bonds is 8. The molecule has 2 heterocycles. The van der Waals surface area contributed by atoms with Gasteiger partial charge in [0.15, 0.2) is 0 Å². The maximum Gasteiger partial charge on any atom is 0.421 e. The van der Waals surface area contributed by atoms with Crippen molar-refractivity contribution >= 4 is 57.3 Å². The first-order chi connectivity index (χ1) is 22.5. The van der Waals surface area contributed by atoms with Crippen LogP contribution in [-0.2, 0) is 14.3 Å². The lowest BCUT2D eigenvalue weighted by molar-refractivity contribution is -0.116. The van der Waals surface area contributed by atoms with Gasteiger partial charge >= 0.3 is 12.2 Å². The Morgan fingerprint density at radius 2 is 1.25 bits per heavy atom. The van der Waals surface area contributed by atoms with Crippen molar-refractivity contribution in [3.63, 3.8) is 0 Å². The molecule has 14 heteroatoms. The summed E-state index contributed by atoms with van der Waals surface area (Å²) >= 11 is 3.38. The first-order valence-corrected chi connectivity index (χ1v) is 16.6. The van der Waals surface area contributed by atoms with E-state index in [4.69, 9.17) is 26.7 Å². The zero-order valence-electron chi connectivity index (χ0n) is 28.2. The Balaban J connectivity index is 0.000000275. The lowest BCUT2D eigenvalue weighted by atomic mass is 10.1. The van der Waals surface area contributed by atoms with Crippen molar-refractivity contribution in [1.82, 2.24) is 19.1 Å². The summed E-state index contributed by atoms with van der Waals surface area (Å²) in [6.45, 7) is 10.7. The van der Waals surface area contributed by atoms with Gasteiger partial charge in [0.1, 0.15) is 11.2 Å². The molecular formula is C34H45BrN8O5. The van der Waals surface area contributed by atoms with Crippen molar-refractivity contribution in [3.8, 4) is 22.5 Å². The maximum atomic E-state index is 12.5. The summed E-state index contributed by atoms with van der Waals surface area (Å²) in [5, 5.41) is 3.84. The molecule has 0 aliphatic rings. The van der Waals surface area contributed by atoms with Gasteiger partial charge in [-0.05, 0) is 78.6 Å². The van der Waals surface area contributed by atoms with Crippen LogP contribution in [0.3, 0.4) is 0 Å². The van der Waals surface area contributed by atoms with Crippen LogP contribution in [0.1, 0.15) is 67.2 Å². The second kappa shape index (κ2) is 16.3. The molecule has 0 aliphatic carbocycles. The number of amides is 1. The van der Waals surface area contributed by atoms with E-state index in [0.717, 1.165) is 30.2 Å². The number of aromatic nitrogens is 4. The molecule has 1 amide bonds. The summed E-state index contributed by atoms with van der Waals surface area (Å²) < 4.78 is 13.2. The minimum atomic E-state index is -0.657. The van der Waals surface area contributed by atoms with Gasteiger partial charge in [0.25, 0.3) is 0 Å². The summed E-state index contributed by atoms with van der Waals surface area (Å²) in [4.78, 5) is 44.9. The lowest BCUT2D eigenvalue weighted by Gasteiger charge is -2.20.